The number of aliphatic hydroxyl groups is 1. The number of benzene rings is 1. The lowest BCUT2D eigenvalue weighted by atomic mass is 10.0. The van der Waals surface area contributed by atoms with E-state index in [0.717, 1.165) is 17.2 Å². The third kappa shape index (κ3) is 2.02. The minimum atomic E-state index is -0.414. The molecule has 2 fully saturated rings. The largest absolute Gasteiger partial charge is 0.394 e. The molecule has 2 atom stereocenters. The highest BCUT2D eigenvalue weighted by Crippen LogP contribution is 2.44. The minimum absolute atomic E-state index is 0.0729. The van der Waals surface area contributed by atoms with Crippen molar-refractivity contribution >= 4 is 17.4 Å². The topological polar surface area (TPSA) is 75.8 Å². The molecule has 0 spiro atoms. The molecule has 1 aromatic rings. The van der Waals surface area contributed by atoms with E-state index >= 15 is 0 Å². The SMILES string of the molecule is O=[N+]([O-])c1ccc([C@@H]2OC[C@@]3(CO)CSCN23)cc1. The number of hydrogen-bond acceptors (Lipinski definition) is 6. The van der Waals surface area contributed by atoms with E-state index in [1.165, 1.54) is 12.1 Å². The first-order valence-corrected chi connectivity index (χ1v) is 7.13. The van der Waals surface area contributed by atoms with Crippen molar-refractivity contribution in [1.29, 1.82) is 0 Å². The van der Waals surface area contributed by atoms with Gasteiger partial charge in [-0.15, -0.1) is 11.8 Å². The van der Waals surface area contributed by atoms with Crippen LogP contribution in [0.1, 0.15) is 11.8 Å². The average molecular weight is 282 g/mol. The smallest absolute Gasteiger partial charge is 0.269 e. The maximum atomic E-state index is 10.6. The van der Waals surface area contributed by atoms with E-state index in [-0.39, 0.29) is 24.1 Å². The average Bonchev–Trinajstić information content (AvgIpc) is 2.97. The summed E-state index contributed by atoms with van der Waals surface area (Å²) < 4.78 is 5.78. The van der Waals surface area contributed by atoms with Crippen molar-refractivity contribution in [2.24, 2.45) is 0 Å². The molecule has 19 heavy (non-hydrogen) atoms. The predicted molar refractivity (Wildman–Crippen MR) is 70.8 cm³/mol. The molecule has 0 aromatic heterocycles. The first-order chi connectivity index (χ1) is 9.16. The van der Waals surface area contributed by atoms with Crippen LogP contribution in [-0.2, 0) is 4.74 Å². The highest BCUT2D eigenvalue weighted by molar-refractivity contribution is 7.99. The van der Waals surface area contributed by atoms with Crippen molar-refractivity contribution in [1.82, 2.24) is 4.90 Å². The number of hydrogen-bond donors (Lipinski definition) is 1. The van der Waals surface area contributed by atoms with E-state index in [1.807, 2.05) is 0 Å². The summed E-state index contributed by atoms with van der Waals surface area (Å²) in [6.45, 7) is 0.571. The molecule has 0 aliphatic carbocycles. The van der Waals surface area contributed by atoms with E-state index in [4.69, 9.17) is 4.74 Å². The molecule has 2 heterocycles. The van der Waals surface area contributed by atoms with Crippen LogP contribution in [0, 0.1) is 10.1 Å². The summed E-state index contributed by atoms with van der Waals surface area (Å²) in [6.07, 6.45) is -0.219. The van der Waals surface area contributed by atoms with Crippen molar-refractivity contribution in [3.05, 3.63) is 39.9 Å². The molecule has 7 heteroatoms. The summed E-state index contributed by atoms with van der Waals surface area (Å²) in [5.41, 5.74) is 0.672. The molecule has 2 saturated heterocycles. The first kappa shape index (κ1) is 12.9. The Balaban J connectivity index is 1.85. The van der Waals surface area contributed by atoms with E-state index in [1.54, 1.807) is 23.9 Å². The summed E-state index contributed by atoms with van der Waals surface area (Å²) in [7, 11) is 0. The van der Waals surface area contributed by atoms with Gasteiger partial charge in [-0.2, -0.15) is 0 Å². The van der Waals surface area contributed by atoms with Crippen LogP contribution < -0.4 is 0 Å². The van der Waals surface area contributed by atoms with Crippen LogP contribution >= 0.6 is 11.8 Å². The van der Waals surface area contributed by atoms with E-state index in [2.05, 4.69) is 4.90 Å². The van der Waals surface area contributed by atoms with Crippen molar-refractivity contribution in [3.63, 3.8) is 0 Å². The van der Waals surface area contributed by atoms with Gasteiger partial charge in [-0.3, -0.25) is 15.0 Å². The summed E-state index contributed by atoms with van der Waals surface area (Å²) in [6, 6.07) is 6.42. The van der Waals surface area contributed by atoms with Crippen LogP contribution in [0.4, 0.5) is 5.69 Å². The number of ether oxygens (including phenoxy) is 1. The van der Waals surface area contributed by atoms with Crippen LogP contribution in [0.2, 0.25) is 0 Å². The van der Waals surface area contributed by atoms with Crippen molar-refractivity contribution in [2.45, 2.75) is 11.8 Å². The second kappa shape index (κ2) is 4.75. The molecular formula is C12H14N2O4S. The van der Waals surface area contributed by atoms with Crippen molar-refractivity contribution < 1.29 is 14.8 Å². The molecule has 0 radical (unpaired) electrons. The highest BCUT2D eigenvalue weighted by Gasteiger charge is 2.51. The summed E-state index contributed by atoms with van der Waals surface area (Å²) >= 11 is 1.77. The van der Waals surface area contributed by atoms with Gasteiger partial charge in [-0.1, -0.05) is 0 Å². The second-order valence-electron chi connectivity index (χ2n) is 4.84. The third-order valence-electron chi connectivity index (χ3n) is 3.69. The van der Waals surface area contributed by atoms with Crippen LogP contribution in [0.5, 0.6) is 0 Å². The van der Waals surface area contributed by atoms with Gasteiger partial charge in [0, 0.05) is 23.8 Å². The molecule has 0 bridgehead atoms. The van der Waals surface area contributed by atoms with Gasteiger partial charge < -0.3 is 9.84 Å². The Morgan fingerprint density at radius 3 is 2.89 bits per heavy atom. The lowest BCUT2D eigenvalue weighted by Crippen LogP contribution is -2.46. The molecule has 2 aliphatic heterocycles. The first-order valence-electron chi connectivity index (χ1n) is 5.98. The quantitative estimate of drug-likeness (QED) is 0.666. The Hall–Kier alpha value is -1.15. The number of nitrogens with zero attached hydrogens (tertiary/aromatic N) is 2. The minimum Gasteiger partial charge on any atom is -0.394 e. The molecule has 0 saturated carbocycles. The van der Waals surface area contributed by atoms with Gasteiger partial charge in [0.1, 0.15) is 6.23 Å². The number of nitro benzene ring substituents is 1. The maximum absolute atomic E-state index is 10.6. The maximum Gasteiger partial charge on any atom is 0.269 e. The third-order valence-corrected chi connectivity index (χ3v) is 4.89. The monoisotopic (exact) mass is 282 g/mol. The number of nitro groups is 1. The Bertz CT molecular complexity index is 495. The summed E-state index contributed by atoms with van der Waals surface area (Å²) in [5.74, 6) is 1.66. The van der Waals surface area contributed by atoms with Gasteiger partial charge >= 0.3 is 0 Å². The van der Waals surface area contributed by atoms with Crippen LogP contribution in [0.25, 0.3) is 0 Å². The molecule has 102 valence electrons. The number of non-ortho nitro benzene ring substituents is 1. The van der Waals surface area contributed by atoms with Gasteiger partial charge in [-0.25, -0.2) is 0 Å². The Morgan fingerprint density at radius 2 is 2.26 bits per heavy atom. The lowest BCUT2D eigenvalue weighted by Gasteiger charge is -2.29. The number of aliphatic hydroxyl groups excluding tert-OH is 1. The van der Waals surface area contributed by atoms with Crippen LogP contribution in [0.15, 0.2) is 24.3 Å². The summed E-state index contributed by atoms with van der Waals surface area (Å²) in [5, 5.41) is 20.2. The number of rotatable bonds is 3. The molecular weight excluding hydrogens is 268 g/mol. The number of thioether (sulfide) groups is 1. The van der Waals surface area contributed by atoms with E-state index < -0.39 is 4.92 Å². The molecule has 3 rings (SSSR count). The van der Waals surface area contributed by atoms with E-state index in [9.17, 15) is 15.2 Å². The Labute approximate surface area is 114 Å². The summed E-state index contributed by atoms with van der Waals surface area (Å²) in [4.78, 5) is 12.4. The molecule has 1 aromatic carbocycles. The van der Waals surface area contributed by atoms with Crippen molar-refractivity contribution in [3.8, 4) is 0 Å². The van der Waals surface area contributed by atoms with Gasteiger partial charge in [0.05, 0.1) is 23.7 Å². The molecule has 0 amide bonds. The molecule has 0 unspecified atom stereocenters. The lowest BCUT2D eigenvalue weighted by molar-refractivity contribution is -0.384. The molecule has 6 nitrogen and oxygen atoms in total. The fraction of sp³-hybridized carbons (Fsp3) is 0.500. The molecule has 2 aliphatic rings. The highest BCUT2D eigenvalue weighted by atomic mass is 32.2. The van der Waals surface area contributed by atoms with Gasteiger partial charge in [0.15, 0.2) is 0 Å². The molecule has 1 N–H and O–H groups in total. The fourth-order valence-electron chi connectivity index (χ4n) is 2.54. The predicted octanol–water partition coefficient (Wildman–Crippen LogP) is 1.36. The Morgan fingerprint density at radius 1 is 1.53 bits per heavy atom. The normalized spacial score (nSPS) is 30.5. The van der Waals surface area contributed by atoms with Gasteiger partial charge in [0.25, 0.3) is 5.69 Å². The van der Waals surface area contributed by atoms with Gasteiger partial charge in [-0.05, 0) is 17.7 Å². The standard InChI is InChI=1S/C12H14N2O4S/c15-5-12-6-18-11(13(12)8-19-7-12)9-1-3-10(4-2-9)14(16)17/h1-4,11,15H,5-8H2/t11-,12-/m0/s1. The van der Waals surface area contributed by atoms with Crippen LogP contribution in [0.3, 0.4) is 0 Å². The van der Waals surface area contributed by atoms with Crippen LogP contribution in [-0.4, -0.2) is 45.3 Å². The van der Waals surface area contributed by atoms with Crippen molar-refractivity contribution in [2.75, 3.05) is 24.8 Å². The zero-order valence-corrected chi connectivity index (χ0v) is 11.0. The zero-order chi connectivity index (χ0) is 13.5. The fourth-order valence-corrected chi connectivity index (χ4v) is 3.96. The zero-order valence-electron chi connectivity index (χ0n) is 10.2. The Kier molecular flexibility index (Phi) is 3.22. The van der Waals surface area contributed by atoms with Gasteiger partial charge in [0.2, 0.25) is 0 Å². The second-order valence-corrected chi connectivity index (χ2v) is 5.80. The number of fused-ring (bicyclic) bond motifs is 1. The van der Waals surface area contributed by atoms with E-state index in [0.29, 0.717) is 6.61 Å².